The van der Waals surface area contributed by atoms with Gasteiger partial charge in [-0.1, -0.05) is 23.8 Å². The Morgan fingerprint density at radius 2 is 1.66 bits per heavy atom. The van der Waals surface area contributed by atoms with Crippen LogP contribution >= 0.6 is 0 Å². The van der Waals surface area contributed by atoms with E-state index in [9.17, 15) is 14.0 Å². The molecule has 0 fully saturated rings. The Kier molecular flexibility index (Phi) is 6.24. The van der Waals surface area contributed by atoms with Crippen LogP contribution in [0.3, 0.4) is 0 Å². The van der Waals surface area contributed by atoms with Crippen molar-refractivity contribution in [3.8, 4) is 5.75 Å². The number of hydrogen-bond acceptors (Lipinski definition) is 3. The molecule has 0 spiro atoms. The van der Waals surface area contributed by atoms with Crippen LogP contribution < -0.4 is 15.4 Å². The molecule has 0 unspecified atom stereocenters. The lowest BCUT2D eigenvalue weighted by Crippen LogP contribution is -2.21. The molecule has 148 valence electrons. The van der Waals surface area contributed by atoms with Gasteiger partial charge in [-0.2, -0.15) is 0 Å². The predicted molar refractivity (Wildman–Crippen MR) is 111 cm³/mol. The van der Waals surface area contributed by atoms with E-state index in [0.717, 1.165) is 11.1 Å². The summed E-state index contributed by atoms with van der Waals surface area (Å²) in [5.74, 6) is -0.422. The molecule has 0 aliphatic heterocycles. The minimum absolute atomic E-state index is 0.143. The Labute approximate surface area is 168 Å². The number of anilines is 2. The van der Waals surface area contributed by atoms with E-state index in [1.807, 2.05) is 32.0 Å². The number of ether oxygens (including phenoxy) is 1. The molecule has 0 atom stereocenters. The topological polar surface area (TPSA) is 67.4 Å². The fraction of sp³-hybridized carbons (Fsp3) is 0.130. The highest BCUT2D eigenvalue weighted by atomic mass is 19.1. The van der Waals surface area contributed by atoms with Gasteiger partial charge in [0.25, 0.3) is 11.8 Å². The van der Waals surface area contributed by atoms with Gasteiger partial charge in [0.15, 0.2) is 6.61 Å². The molecule has 6 heteroatoms. The van der Waals surface area contributed by atoms with Crippen molar-refractivity contribution >= 4 is 23.2 Å². The van der Waals surface area contributed by atoms with Gasteiger partial charge < -0.3 is 15.4 Å². The third-order valence-electron chi connectivity index (χ3n) is 4.20. The molecule has 0 aliphatic rings. The van der Waals surface area contributed by atoms with Crippen molar-refractivity contribution in [2.75, 3.05) is 17.2 Å². The molecule has 0 aromatic heterocycles. The lowest BCUT2D eigenvalue weighted by molar-refractivity contribution is -0.118. The van der Waals surface area contributed by atoms with Crippen LogP contribution in [-0.2, 0) is 4.79 Å². The highest BCUT2D eigenvalue weighted by Crippen LogP contribution is 2.19. The van der Waals surface area contributed by atoms with Gasteiger partial charge >= 0.3 is 0 Å². The molecule has 0 saturated carbocycles. The summed E-state index contributed by atoms with van der Waals surface area (Å²) >= 11 is 0. The first-order valence-electron chi connectivity index (χ1n) is 9.07. The number of halogens is 1. The summed E-state index contributed by atoms with van der Waals surface area (Å²) in [5.41, 5.74) is 3.40. The third kappa shape index (κ3) is 5.65. The van der Waals surface area contributed by atoms with Gasteiger partial charge in [0.05, 0.1) is 0 Å². The molecule has 0 bridgehead atoms. The van der Waals surface area contributed by atoms with Crippen LogP contribution in [0.15, 0.2) is 66.7 Å². The lowest BCUT2D eigenvalue weighted by atomic mass is 10.1. The smallest absolute Gasteiger partial charge is 0.262 e. The SMILES string of the molecule is Cc1ccc(OCC(=O)Nc2cccc(C(=O)Nc3ccc(F)cc3)c2)c(C)c1. The second-order valence-electron chi connectivity index (χ2n) is 6.65. The first-order chi connectivity index (χ1) is 13.9. The lowest BCUT2D eigenvalue weighted by Gasteiger charge is -2.11. The van der Waals surface area contributed by atoms with Crippen LogP contribution in [0, 0.1) is 19.7 Å². The van der Waals surface area contributed by atoms with E-state index in [2.05, 4.69) is 10.6 Å². The molecule has 0 aliphatic carbocycles. The van der Waals surface area contributed by atoms with Crippen LogP contribution in [0.25, 0.3) is 0 Å². The van der Waals surface area contributed by atoms with E-state index in [0.29, 0.717) is 22.7 Å². The average Bonchev–Trinajstić information content (AvgIpc) is 2.69. The summed E-state index contributed by atoms with van der Waals surface area (Å²) in [4.78, 5) is 24.6. The Morgan fingerprint density at radius 3 is 2.38 bits per heavy atom. The second kappa shape index (κ2) is 9.01. The first kappa shape index (κ1) is 20.1. The number of amides is 2. The van der Waals surface area contributed by atoms with Crippen LogP contribution in [0.5, 0.6) is 5.75 Å². The molecule has 2 amide bonds. The summed E-state index contributed by atoms with van der Waals surface area (Å²) in [5, 5.41) is 5.40. The van der Waals surface area contributed by atoms with E-state index in [1.54, 1.807) is 24.3 Å². The molecule has 0 heterocycles. The highest BCUT2D eigenvalue weighted by molar-refractivity contribution is 6.05. The molecule has 29 heavy (non-hydrogen) atoms. The van der Waals surface area contributed by atoms with Gasteiger partial charge in [0.1, 0.15) is 11.6 Å². The minimum atomic E-state index is -0.379. The number of hydrogen-bond donors (Lipinski definition) is 2. The van der Waals surface area contributed by atoms with Gasteiger partial charge in [0, 0.05) is 16.9 Å². The van der Waals surface area contributed by atoms with Gasteiger partial charge in [0.2, 0.25) is 0 Å². The Balaban J connectivity index is 1.59. The zero-order valence-electron chi connectivity index (χ0n) is 16.2. The number of nitrogens with one attached hydrogen (secondary N) is 2. The summed E-state index contributed by atoms with van der Waals surface area (Å²) < 4.78 is 18.5. The second-order valence-corrected chi connectivity index (χ2v) is 6.65. The van der Waals surface area contributed by atoms with Gasteiger partial charge in [-0.3, -0.25) is 9.59 Å². The maximum atomic E-state index is 13.0. The fourth-order valence-electron chi connectivity index (χ4n) is 2.78. The monoisotopic (exact) mass is 392 g/mol. The predicted octanol–water partition coefficient (Wildman–Crippen LogP) is 4.71. The summed E-state index contributed by atoms with van der Waals surface area (Å²) in [7, 11) is 0. The summed E-state index contributed by atoms with van der Waals surface area (Å²) in [6.45, 7) is 3.77. The number of carbonyl (C=O) groups is 2. The molecule has 3 aromatic rings. The van der Waals surface area contributed by atoms with E-state index in [4.69, 9.17) is 4.74 Å². The zero-order chi connectivity index (χ0) is 20.8. The molecular weight excluding hydrogens is 371 g/mol. The van der Waals surface area contributed by atoms with Crippen LogP contribution in [0.2, 0.25) is 0 Å². The van der Waals surface area contributed by atoms with Crippen LogP contribution in [0.4, 0.5) is 15.8 Å². The highest BCUT2D eigenvalue weighted by Gasteiger charge is 2.10. The van der Waals surface area contributed by atoms with Crippen LogP contribution in [0.1, 0.15) is 21.5 Å². The molecule has 2 N–H and O–H groups in total. The molecular formula is C23H21FN2O3. The van der Waals surface area contributed by atoms with Crippen molar-refractivity contribution in [1.29, 1.82) is 0 Å². The molecule has 3 rings (SSSR count). The standard InChI is InChI=1S/C23H21FN2O3/c1-15-6-11-21(16(2)12-15)29-14-22(27)25-20-5-3-4-17(13-20)23(28)26-19-9-7-18(24)8-10-19/h3-13H,14H2,1-2H3,(H,25,27)(H,26,28). The zero-order valence-corrected chi connectivity index (χ0v) is 16.2. The normalized spacial score (nSPS) is 10.3. The minimum Gasteiger partial charge on any atom is -0.483 e. The van der Waals surface area contributed by atoms with E-state index in [1.165, 1.54) is 24.3 Å². The van der Waals surface area contributed by atoms with Gasteiger partial charge in [-0.15, -0.1) is 0 Å². The molecule has 3 aromatic carbocycles. The molecule has 0 saturated heterocycles. The van der Waals surface area contributed by atoms with E-state index < -0.39 is 0 Å². The Hall–Kier alpha value is -3.67. The largest absolute Gasteiger partial charge is 0.483 e. The van der Waals surface area contributed by atoms with Gasteiger partial charge in [-0.05, 0) is 67.9 Å². The van der Waals surface area contributed by atoms with E-state index in [-0.39, 0.29) is 24.2 Å². The number of benzene rings is 3. The number of aryl methyl sites for hydroxylation is 2. The van der Waals surface area contributed by atoms with Crippen molar-refractivity contribution < 1.29 is 18.7 Å². The molecule has 0 radical (unpaired) electrons. The Bertz CT molecular complexity index is 1030. The van der Waals surface area contributed by atoms with Gasteiger partial charge in [-0.25, -0.2) is 4.39 Å². The molecule has 5 nitrogen and oxygen atoms in total. The van der Waals surface area contributed by atoms with Crippen molar-refractivity contribution in [3.63, 3.8) is 0 Å². The average molecular weight is 392 g/mol. The quantitative estimate of drug-likeness (QED) is 0.638. The first-order valence-corrected chi connectivity index (χ1v) is 9.07. The fourth-order valence-corrected chi connectivity index (χ4v) is 2.78. The van der Waals surface area contributed by atoms with Crippen molar-refractivity contribution in [3.05, 3.63) is 89.2 Å². The van der Waals surface area contributed by atoms with Crippen molar-refractivity contribution in [1.82, 2.24) is 0 Å². The van der Waals surface area contributed by atoms with E-state index >= 15 is 0 Å². The maximum absolute atomic E-state index is 13.0. The number of carbonyl (C=O) groups excluding carboxylic acids is 2. The maximum Gasteiger partial charge on any atom is 0.262 e. The van der Waals surface area contributed by atoms with Crippen molar-refractivity contribution in [2.45, 2.75) is 13.8 Å². The summed E-state index contributed by atoms with van der Waals surface area (Å²) in [6.07, 6.45) is 0. The Morgan fingerprint density at radius 1 is 0.897 bits per heavy atom. The third-order valence-corrected chi connectivity index (χ3v) is 4.20. The van der Waals surface area contributed by atoms with Crippen LogP contribution in [-0.4, -0.2) is 18.4 Å². The summed E-state index contributed by atoms with van der Waals surface area (Å²) in [6, 6.07) is 17.8. The van der Waals surface area contributed by atoms with Crippen molar-refractivity contribution in [2.24, 2.45) is 0 Å². The number of rotatable bonds is 6.